The van der Waals surface area contributed by atoms with Crippen LogP contribution in [0.1, 0.15) is 46.8 Å². The molecule has 0 bridgehead atoms. The van der Waals surface area contributed by atoms with Gasteiger partial charge in [-0.1, -0.05) is 38.1 Å². The minimum absolute atomic E-state index is 0.0245. The van der Waals surface area contributed by atoms with E-state index in [1.807, 2.05) is 39.0 Å². The summed E-state index contributed by atoms with van der Waals surface area (Å²) in [6.45, 7) is 7.61. The van der Waals surface area contributed by atoms with Gasteiger partial charge in [0.15, 0.2) is 0 Å². The summed E-state index contributed by atoms with van der Waals surface area (Å²) in [5, 5.41) is 0. The Kier molecular flexibility index (Phi) is 5.52. The van der Waals surface area contributed by atoms with Crippen LogP contribution >= 0.6 is 0 Å². The Morgan fingerprint density at radius 2 is 1.76 bits per heavy atom. The molecular weight excluding hydrogens is 338 g/mol. The van der Waals surface area contributed by atoms with Gasteiger partial charge < -0.3 is 4.74 Å². The van der Waals surface area contributed by atoms with Crippen LogP contribution in [0.5, 0.6) is 0 Å². The van der Waals surface area contributed by atoms with Gasteiger partial charge in [-0.3, -0.25) is 4.72 Å². The van der Waals surface area contributed by atoms with Crippen molar-refractivity contribution in [3.05, 3.63) is 58.7 Å². The summed E-state index contributed by atoms with van der Waals surface area (Å²) in [5.41, 5.74) is 3.24. The molecule has 0 aliphatic heterocycles. The molecule has 0 heterocycles. The van der Waals surface area contributed by atoms with Gasteiger partial charge >= 0.3 is 5.97 Å². The standard InChI is InChI=1S/C19H23NO4S/c1-12(2)16-8-6-7-14(4)18(16)20-25(22,23)15-10-9-13(3)17(11-15)19(21)24-5/h6-12,20H,1-5H3. The third-order valence-electron chi connectivity index (χ3n) is 4.09. The summed E-state index contributed by atoms with van der Waals surface area (Å²) in [4.78, 5) is 11.9. The van der Waals surface area contributed by atoms with Gasteiger partial charge in [0.2, 0.25) is 0 Å². The quantitative estimate of drug-likeness (QED) is 0.817. The second-order valence-corrected chi connectivity index (χ2v) is 7.95. The third kappa shape index (κ3) is 4.02. The van der Waals surface area contributed by atoms with Gasteiger partial charge in [-0.25, -0.2) is 13.2 Å². The van der Waals surface area contributed by atoms with Gasteiger partial charge in [0.25, 0.3) is 10.0 Å². The van der Waals surface area contributed by atoms with Crippen LogP contribution in [0.15, 0.2) is 41.3 Å². The Bertz CT molecular complexity index is 902. The first kappa shape index (κ1) is 19.0. The topological polar surface area (TPSA) is 72.5 Å². The summed E-state index contributed by atoms with van der Waals surface area (Å²) in [5.74, 6) is -0.394. The number of nitrogens with one attached hydrogen (secondary N) is 1. The molecule has 25 heavy (non-hydrogen) atoms. The highest BCUT2D eigenvalue weighted by atomic mass is 32.2. The molecule has 5 nitrogen and oxygen atoms in total. The predicted octanol–water partition coefficient (Wildman–Crippen LogP) is 4.01. The lowest BCUT2D eigenvalue weighted by atomic mass is 9.99. The molecule has 6 heteroatoms. The van der Waals surface area contributed by atoms with Crippen molar-refractivity contribution in [1.82, 2.24) is 0 Å². The molecular formula is C19H23NO4S. The molecule has 0 aliphatic rings. The van der Waals surface area contributed by atoms with Crippen LogP contribution in [0.4, 0.5) is 5.69 Å². The molecule has 0 amide bonds. The summed E-state index contributed by atoms with van der Waals surface area (Å²) >= 11 is 0. The number of hydrogen-bond donors (Lipinski definition) is 1. The summed E-state index contributed by atoms with van der Waals surface area (Å²) in [6.07, 6.45) is 0. The molecule has 0 aliphatic carbocycles. The Hall–Kier alpha value is -2.34. The third-order valence-corrected chi connectivity index (χ3v) is 5.44. The number of carbonyl (C=O) groups excluding carboxylic acids is 1. The van der Waals surface area contributed by atoms with Crippen LogP contribution in [-0.4, -0.2) is 21.5 Å². The first-order chi connectivity index (χ1) is 11.7. The lowest BCUT2D eigenvalue weighted by Crippen LogP contribution is -2.16. The fraction of sp³-hybridized carbons (Fsp3) is 0.316. The Morgan fingerprint density at radius 3 is 2.36 bits per heavy atom. The fourth-order valence-electron chi connectivity index (χ4n) is 2.60. The van der Waals surface area contributed by atoms with Gasteiger partial charge in [-0.2, -0.15) is 0 Å². The van der Waals surface area contributed by atoms with Crippen molar-refractivity contribution in [1.29, 1.82) is 0 Å². The molecule has 1 N–H and O–H groups in total. The lowest BCUT2D eigenvalue weighted by molar-refractivity contribution is 0.0599. The number of anilines is 1. The molecule has 0 saturated carbocycles. The maximum Gasteiger partial charge on any atom is 0.338 e. The van der Waals surface area contributed by atoms with Gasteiger partial charge in [-0.05, 0) is 48.6 Å². The zero-order chi connectivity index (χ0) is 18.8. The first-order valence-electron chi connectivity index (χ1n) is 7.98. The molecule has 0 atom stereocenters. The number of sulfonamides is 1. The Labute approximate surface area is 149 Å². The number of aryl methyl sites for hydroxylation is 2. The Morgan fingerprint density at radius 1 is 1.08 bits per heavy atom. The predicted molar refractivity (Wildman–Crippen MR) is 98.6 cm³/mol. The zero-order valence-corrected chi connectivity index (χ0v) is 15.9. The number of ether oxygens (including phenoxy) is 1. The van der Waals surface area contributed by atoms with Gasteiger partial charge in [0.05, 0.1) is 23.3 Å². The maximum absolute atomic E-state index is 12.8. The largest absolute Gasteiger partial charge is 0.465 e. The van der Waals surface area contributed by atoms with Crippen LogP contribution in [-0.2, 0) is 14.8 Å². The van der Waals surface area contributed by atoms with E-state index in [0.717, 1.165) is 11.1 Å². The van der Waals surface area contributed by atoms with Crippen LogP contribution in [0, 0.1) is 13.8 Å². The number of para-hydroxylation sites is 1. The number of hydrogen-bond acceptors (Lipinski definition) is 4. The number of esters is 1. The average molecular weight is 361 g/mol. The molecule has 2 aromatic carbocycles. The summed E-state index contributed by atoms with van der Waals surface area (Å²) in [6, 6.07) is 10.1. The molecule has 0 radical (unpaired) electrons. The minimum atomic E-state index is -3.83. The van der Waals surface area contributed by atoms with Crippen LogP contribution in [0.3, 0.4) is 0 Å². The van der Waals surface area contributed by atoms with Crippen molar-refractivity contribution in [2.24, 2.45) is 0 Å². The highest BCUT2D eigenvalue weighted by Gasteiger charge is 2.21. The molecule has 0 unspecified atom stereocenters. The highest BCUT2D eigenvalue weighted by Crippen LogP contribution is 2.30. The number of methoxy groups -OCH3 is 1. The molecule has 0 aromatic heterocycles. The van der Waals surface area contributed by atoms with Gasteiger partial charge in [-0.15, -0.1) is 0 Å². The van der Waals surface area contributed by atoms with Gasteiger partial charge in [0, 0.05) is 0 Å². The van der Waals surface area contributed by atoms with Gasteiger partial charge in [0.1, 0.15) is 0 Å². The minimum Gasteiger partial charge on any atom is -0.465 e. The smallest absolute Gasteiger partial charge is 0.338 e. The van der Waals surface area contributed by atoms with Crippen LogP contribution in [0.25, 0.3) is 0 Å². The molecule has 2 aromatic rings. The van der Waals surface area contributed by atoms with E-state index < -0.39 is 16.0 Å². The van der Waals surface area contributed by atoms with Crippen molar-refractivity contribution in [2.75, 3.05) is 11.8 Å². The Balaban J connectivity index is 2.50. The highest BCUT2D eigenvalue weighted by molar-refractivity contribution is 7.92. The molecule has 0 spiro atoms. The second kappa shape index (κ2) is 7.27. The van der Waals surface area contributed by atoms with Crippen molar-refractivity contribution in [2.45, 2.75) is 38.5 Å². The molecule has 0 saturated heterocycles. The first-order valence-corrected chi connectivity index (χ1v) is 9.47. The van der Waals surface area contributed by atoms with Crippen molar-refractivity contribution >= 4 is 21.7 Å². The molecule has 0 fully saturated rings. The number of carbonyl (C=O) groups is 1. The van der Waals surface area contributed by atoms with E-state index in [9.17, 15) is 13.2 Å². The van der Waals surface area contributed by atoms with Crippen LogP contribution in [0.2, 0.25) is 0 Å². The van der Waals surface area contributed by atoms with E-state index in [4.69, 9.17) is 4.74 Å². The summed E-state index contributed by atoms with van der Waals surface area (Å²) < 4.78 is 33.1. The van der Waals surface area contributed by atoms with E-state index >= 15 is 0 Å². The normalized spacial score (nSPS) is 11.4. The number of rotatable bonds is 5. The SMILES string of the molecule is COC(=O)c1cc(S(=O)(=O)Nc2c(C)cccc2C(C)C)ccc1C. The van der Waals surface area contributed by atoms with E-state index in [2.05, 4.69) is 4.72 Å². The lowest BCUT2D eigenvalue weighted by Gasteiger charge is -2.18. The second-order valence-electron chi connectivity index (χ2n) is 6.27. The molecule has 134 valence electrons. The van der Waals surface area contributed by atoms with Crippen LogP contribution < -0.4 is 4.72 Å². The van der Waals surface area contributed by atoms with Crippen molar-refractivity contribution < 1.29 is 17.9 Å². The summed E-state index contributed by atoms with van der Waals surface area (Å²) in [7, 11) is -2.56. The van der Waals surface area contributed by atoms with E-state index in [1.54, 1.807) is 13.0 Å². The van der Waals surface area contributed by atoms with Crippen molar-refractivity contribution in [3.63, 3.8) is 0 Å². The van der Waals surface area contributed by atoms with Crippen molar-refractivity contribution in [3.8, 4) is 0 Å². The maximum atomic E-state index is 12.8. The van der Waals surface area contributed by atoms with E-state index in [1.165, 1.54) is 19.2 Å². The average Bonchev–Trinajstić information content (AvgIpc) is 2.55. The number of benzene rings is 2. The van der Waals surface area contributed by atoms with E-state index in [0.29, 0.717) is 11.3 Å². The fourth-order valence-corrected chi connectivity index (χ4v) is 3.79. The molecule has 2 rings (SSSR count). The van der Waals surface area contributed by atoms with E-state index in [-0.39, 0.29) is 16.4 Å². The zero-order valence-electron chi connectivity index (χ0n) is 15.1. The monoisotopic (exact) mass is 361 g/mol.